The van der Waals surface area contributed by atoms with E-state index in [2.05, 4.69) is 37.5 Å². The minimum atomic E-state index is -1.96. The second-order valence-corrected chi connectivity index (χ2v) is 19.2. The van der Waals surface area contributed by atoms with E-state index in [0.717, 1.165) is 43.4 Å². The smallest absolute Gasteiger partial charge is 0.343 e. The minimum Gasteiger partial charge on any atom is -0.458 e. The van der Waals surface area contributed by atoms with Gasteiger partial charge in [0.25, 0.3) is 17.4 Å². The molecule has 3 aromatic carbocycles. The minimum absolute atomic E-state index is 0.0286. The van der Waals surface area contributed by atoms with Crippen molar-refractivity contribution in [3.63, 3.8) is 0 Å². The summed E-state index contributed by atoms with van der Waals surface area (Å²) in [6.45, 7) is 1.04. The molecule has 0 fully saturated rings. The van der Waals surface area contributed by atoms with E-state index >= 15 is 0 Å². The molecule has 2 atom stereocenters. The Hall–Kier alpha value is -8.80. The molecule has 2 aromatic heterocycles. The summed E-state index contributed by atoms with van der Waals surface area (Å²) in [5.41, 5.74) is 9.62. The van der Waals surface area contributed by atoms with Crippen LogP contribution in [0.4, 0.5) is 0 Å². The maximum absolute atomic E-state index is 14.1. The molecular weight excluding hydrogens is 1010 g/mol. The number of pyridine rings is 2. The summed E-state index contributed by atoms with van der Waals surface area (Å²) >= 11 is 0. The van der Waals surface area contributed by atoms with Crippen molar-refractivity contribution in [2.24, 2.45) is 0 Å². The van der Waals surface area contributed by atoms with Crippen LogP contribution in [0.25, 0.3) is 33.1 Å². The third-order valence-electron chi connectivity index (χ3n) is 14.0. The molecule has 0 saturated heterocycles. The number of rotatable bonds is 24. The largest absolute Gasteiger partial charge is 0.458 e. The first-order chi connectivity index (χ1) is 37.7. The van der Waals surface area contributed by atoms with E-state index < -0.39 is 54.3 Å². The Morgan fingerprint density at radius 2 is 1.56 bits per heavy atom. The van der Waals surface area contributed by atoms with Crippen LogP contribution in [0.3, 0.4) is 0 Å². The van der Waals surface area contributed by atoms with E-state index in [0.29, 0.717) is 49.1 Å². The first-order valence-corrected chi connectivity index (χ1v) is 25.7. The van der Waals surface area contributed by atoms with Gasteiger partial charge in [0.2, 0.25) is 29.5 Å². The normalized spacial score (nSPS) is 16.5. The monoisotopic (exact) mass is 1070 g/mol. The van der Waals surface area contributed by atoms with Gasteiger partial charge in [-0.2, -0.15) is 0 Å². The van der Waals surface area contributed by atoms with E-state index in [1.807, 2.05) is 47.6 Å². The maximum Gasteiger partial charge on any atom is 0.343 e. The van der Waals surface area contributed by atoms with Crippen LogP contribution in [0.15, 0.2) is 102 Å². The van der Waals surface area contributed by atoms with Gasteiger partial charge >= 0.3 is 5.97 Å². The molecule has 0 spiro atoms. The Kier molecular flexibility index (Phi) is 16.6. The van der Waals surface area contributed by atoms with Crippen LogP contribution in [0, 0.1) is 0 Å². The number of hydrogen-bond acceptors (Lipinski definition) is 16. The fraction of sp³-hybridized carbons (Fsp3) is 0.345. The zero-order valence-electron chi connectivity index (χ0n) is 42.8. The first kappa shape index (κ1) is 54.0. The number of fused-ring (bicyclic) bond motifs is 7. The molecule has 78 heavy (non-hydrogen) atoms. The van der Waals surface area contributed by atoms with Gasteiger partial charge in [-0.15, -0.1) is 5.53 Å². The van der Waals surface area contributed by atoms with Crippen molar-refractivity contribution in [3.8, 4) is 11.4 Å². The van der Waals surface area contributed by atoms with Gasteiger partial charge in [-0.1, -0.05) is 74.0 Å². The maximum atomic E-state index is 14.1. The van der Waals surface area contributed by atoms with E-state index in [1.165, 1.54) is 12.2 Å². The predicted molar refractivity (Wildman–Crippen MR) is 281 cm³/mol. The van der Waals surface area contributed by atoms with Crippen LogP contribution in [0.5, 0.6) is 0 Å². The quantitative estimate of drug-likeness (QED) is 0.0138. The lowest BCUT2D eigenvalue weighted by Gasteiger charge is -2.31. The summed E-state index contributed by atoms with van der Waals surface area (Å²) in [6.07, 6.45) is 6.60. The summed E-state index contributed by atoms with van der Waals surface area (Å²) < 4.78 is 12.6. The van der Waals surface area contributed by atoms with Crippen LogP contribution in [0.2, 0.25) is 0 Å². The number of aromatic nitrogens is 2. The number of amides is 7. The fourth-order valence-corrected chi connectivity index (χ4v) is 9.83. The van der Waals surface area contributed by atoms with Crippen molar-refractivity contribution < 1.29 is 52.9 Å². The lowest BCUT2D eigenvalue weighted by Crippen LogP contribution is -2.52. The number of benzene rings is 3. The van der Waals surface area contributed by atoms with Crippen molar-refractivity contribution >= 4 is 69.0 Å². The number of esters is 1. The van der Waals surface area contributed by atoms with Crippen molar-refractivity contribution in [3.05, 3.63) is 135 Å². The molecule has 0 saturated carbocycles. The SMILES string of the molecule is CC[C@@]1(O)C(=O)OCc2c1cc1n(c2=O)Cc2c-1nc1ccc3ccccc3c1c2CN1C=C(CCOCNC(=O)CNC(=O)[C@H](Cc2ccccc2)NC(=O)CNC(=O)CNC(=O)CCCCCN2C(=O)C=CC2=O)NN1. The number of hydrogen-bond donors (Lipinski definition) is 8. The molecule has 4 aliphatic heterocycles. The molecule has 0 bridgehead atoms. The summed E-state index contributed by atoms with van der Waals surface area (Å²) in [5, 5.41) is 28.9. The highest BCUT2D eigenvalue weighted by atomic mass is 16.6. The lowest BCUT2D eigenvalue weighted by atomic mass is 9.86. The highest BCUT2D eigenvalue weighted by molar-refractivity contribution is 6.13. The zero-order valence-corrected chi connectivity index (χ0v) is 42.8. The average molecular weight is 1070 g/mol. The number of cyclic esters (lactones) is 1. The lowest BCUT2D eigenvalue weighted by molar-refractivity contribution is -0.172. The molecule has 406 valence electrons. The third-order valence-corrected chi connectivity index (χ3v) is 14.0. The topological polar surface area (TPSA) is 301 Å². The number of aliphatic hydroxyl groups is 1. The van der Waals surface area contributed by atoms with Crippen molar-refractivity contribution in [2.75, 3.05) is 39.5 Å². The number of nitrogens with zero attached hydrogens (tertiary/aromatic N) is 4. The van der Waals surface area contributed by atoms with Crippen LogP contribution in [-0.4, -0.2) is 117 Å². The van der Waals surface area contributed by atoms with Crippen LogP contribution in [-0.2, 0) is 79.5 Å². The molecule has 0 unspecified atom stereocenters. The molecule has 6 heterocycles. The van der Waals surface area contributed by atoms with E-state index in [-0.39, 0.29) is 93.2 Å². The Labute approximate surface area is 446 Å². The number of nitrogens with one attached hydrogen (secondary N) is 7. The van der Waals surface area contributed by atoms with Crippen molar-refractivity contribution in [2.45, 2.75) is 83.2 Å². The predicted octanol–water partition coefficient (Wildman–Crippen LogP) is 0.941. The van der Waals surface area contributed by atoms with Gasteiger partial charge in [0.15, 0.2) is 5.60 Å². The molecule has 4 aliphatic rings. The molecule has 0 radical (unpaired) electrons. The number of ether oxygens (including phenoxy) is 2. The molecule has 7 amide bonds. The standard InChI is InChI=1S/C55H59N11O12/c1-2-55(76)40-24-43-51-38(30-66(43)53(74)39(40)31-78-54(55)75)37(50-36-14-9-8-13-34(36)16-17-41(50)61-51)29-64-28-35(62-63-64)20-22-77-32-59-46(69)26-58-52(73)42(23-33-11-5-3-6-12-33)60-47(70)27-57-45(68)25-56-44(67)15-7-4-10-21-65-48(71)18-19-49(65)72/h3,5-6,8-9,11-14,16-19,24,28,42,62-63,76H,2,4,7,10,15,20-23,25-27,29-32H2,1H3,(H,56,67)(H,57,68)(H,58,73)(H,59,69)(H,60,70)/t42-,55-/m0/s1. The molecule has 8 N–H and O–H groups in total. The molecule has 0 aliphatic carbocycles. The summed E-state index contributed by atoms with van der Waals surface area (Å²) in [5.74, 6) is -4.37. The van der Waals surface area contributed by atoms with E-state index in [4.69, 9.17) is 14.5 Å². The average Bonchev–Trinajstić information content (AvgIpc) is 4.05. The zero-order chi connectivity index (χ0) is 54.9. The number of unbranched alkanes of at least 4 members (excludes halogenated alkanes) is 2. The number of carbonyl (C=O) groups excluding carboxylic acids is 8. The van der Waals surface area contributed by atoms with Gasteiger partial charge in [-0.05, 0) is 53.3 Å². The molecular formula is C55H59N11O12. The third kappa shape index (κ3) is 12.1. The summed E-state index contributed by atoms with van der Waals surface area (Å²) in [7, 11) is 0. The van der Waals surface area contributed by atoms with Crippen molar-refractivity contribution in [1.29, 1.82) is 0 Å². The number of imide groups is 1. The van der Waals surface area contributed by atoms with Gasteiger partial charge in [-0.25, -0.2) is 9.78 Å². The van der Waals surface area contributed by atoms with E-state index in [9.17, 15) is 48.3 Å². The second kappa shape index (κ2) is 24.0. The number of carbonyl (C=O) groups is 8. The summed E-state index contributed by atoms with van der Waals surface area (Å²) in [4.78, 5) is 120. The van der Waals surface area contributed by atoms with Gasteiger partial charge in [0.05, 0.1) is 61.8 Å². The fourth-order valence-electron chi connectivity index (χ4n) is 9.83. The highest BCUT2D eigenvalue weighted by Crippen LogP contribution is 2.42. The second-order valence-electron chi connectivity index (χ2n) is 19.2. The Morgan fingerprint density at radius 1 is 0.833 bits per heavy atom. The van der Waals surface area contributed by atoms with Crippen molar-refractivity contribution in [1.82, 2.24) is 57.0 Å². The Morgan fingerprint density at radius 3 is 2.36 bits per heavy atom. The Balaban J connectivity index is 0.733. The molecule has 23 heteroatoms. The van der Waals surface area contributed by atoms with Gasteiger partial charge in [0.1, 0.15) is 19.4 Å². The van der Waals surface area contributed by atoms with Gasteiger partial charge in [0, 0.05) is 66.4 Å². The van der Waals surface area contributed by atoms with Crippen LogP contribution < -0.4 is 43.1 Å². The van der Waals surface area contributed by atoms with E-state index in [1.54, 1.807) is 47.9 Å². The molecule has 23 nitrogen and oxygen atoms in total. The highest BCUT2D eigenvalue weighted by Gasteiger charge is 2.45. The molecule has 9 rings (SSSR count). The molecule has 5 aromatic rings. The first-order valence-electron chi connectivity index (χ1n) is 25.7. The van der Waals surface area contributed by atoms with Crippen LogP contribution in [0.1, 0.15) is 73.3 Å². The Bertz CT molecular complexity index is 3320. The number of hydrazine groups is 2. The van der Waals surface area contributed by atoms with Gasteiger partial charge in [-0.3, -0.25) is 48.3 Å². The van der Waals surface area contributed by atoms with Gasteiger partial charge < -0.3 is 51.2 Å². The van der Waals surface area contributed by atoms with Crippen LogP contribution >= 0.6 is 0 Å². The summed E-state index contributed by atoms with van der Waals surface area (Å²) in [6, 6.07) is 21.5.